The van der Waals surface area contributed by atoms with Crippen molar-refractivity contribution in [1.29, 1.82) is 0 Å². The summed E-state index contributed by atoms with van der Waals surface area (Å²) in [6, 6.07) is 11.6. The first kappa shape index (κ1) is 24.3. The van der Waals surface area contributed by atoms with Crippen molar-refractivity contribution in [2.45, 2.75) is 45.6 Å². The summed E-state index contributed by atoms with van der Waals surface area (Å²) in [6.07, 6.45) is 2.35. The third-order valence-electron chi connectivity index (χ3n) is 5.02. The maximum atomic E-state index is 14.4. The quantitative estimate of drug-likeness (QED) is 0.499. The highest BCUT2D eigenvalue weighted by Gasteiger charge is 2.18. The van der Waals surface area contributed by atoms with Crippen molar-refractivity contribution in [3.63, 3.8) is 0 Å². The van der Waals surface area contributed by atoms with Gasteiger partial charge in [-0.1, -0.05) is 50.1 Å². The summed E-state index contributed by atoms with van der Waals surface area (Å²) < 4.78 is 19.7. The van der Waals surface area contributed by atoms with Crippen LogP contribution in [0.1, 0.15) is 38.7 Å². The minimum absolute atomic E-state index is 0.192. The minimum atomic E-state index is -0.995. The van der Waals surface area contributed by atoms with Crippen LogP contribution in [0.4, 0.5) is 14.9 Å². The second kappa shape index (κ2) is 12.1. The molecular weight excluding hydrogens is 399 g/mol. The Morgan fingerprint density at radius 3 is 2.39 bits per heavy atom. The van der Waals surface area contributed by atoms with Gasteiger partial charge in [-0.25, -0.2) is 14.0 Å². The standard InChI is InChI=1S/C24H31FN2O4/c1-4-6-7-14-26-24(30)27(3)21-16-19(12-13-20(21)25)18-10-8-17(9-11-18)15-22(23(28)29)31-5-2/h8-13,16,22H,4-7,14-15H2,1-3H3,(H,26,30)(H,28,29). The van der Waals surface area contributed by atoms with Crippen LogP contribution in [0.25, 0.3) is 11.1 Å². The number of halogens is 1. The molecule has 7 heteroatoms. The Bertz CT molecular complexity index is 870. The van der Waals surface area contributed by atoms with E-state index in [1.54, 1.807) is 26.1 Å². The molecule has 0 aromatic heterocycles. The highest BCUT2D eigenvalue weighted by Crippen LogP contribution is 2.27. The molecule has 0 heterocycles. The molecule has 0 spiro atoms. The van der Waals surface area contributed by atoms with Crippen molar-refractivity contribution in [3.8, 4) is 11.1 Å². The number of urea groups is 1. The van der Waals surface area contributed by atoms with Crippen molar-refractivity contribution in [2.75, 3.05) is 25.1 Å². The Labute approximate surface area is 183 Å². The number of amides is 2. The lowest BCUT2D eigenvalue weighted by Gasteiger charge is -2.20. The third kappa shape index (κ3) is 7.07. The van der Waals surface area contributed by atoms with Crippen molar-refractivity contribution in [2.24, 2.45) is 0 Å². The van der Waals surface area contributed by atoms with Crippen LogP contribution < -0.4 is 10.2 Å². The zero-order valence-corrected chi connectivity index (χ0v) is 18.4. The highest BCUT2D eigenvalue weighted by atomic mass is 19.1. The predicted molar refractivity (Wildman–Crippen MR) is 120 cm³/mol. The molecule has 1 atom stereocenters. The number of ether oxygens (including phenoxy) is 1. The zero-order chi connectivity index (χ0) is 22.8. The van der Waals surface area contributed by atoms with Gasteiger partial charge >= 0.3 is 12.0 Å². The SMILES string of the molecule is CCCCCNC(=O)N(C)c1cc(-c2ccc(CC(OCC)C(=O)O)cc2)ccc1F. The number of nitrogens with one attached hydrogen (secondary N) is 1. The number of rotatable bonds is 11. The first-order valence-electron chi connectivity index (χ1n) is 10.6. The number of hydrogen-bond donors (Lipinski definition) is 2. The number of hydrogen-bond acceptors (Lipinski definition) is 3. The van der Waals surface area contributed by atoms with E-state index in [-0.39, 0.29) is 18.1 Å². The van der Waals surface area contributed by atoms with Gasteiger partial charge in [0, 0.05) is 26.6 Å². The molecule has 2 aromatic rings. The van der Waals surface area contributed by atoms with Gasteiger partial charge in [0.05, 0.1) is 5.69 Å². The number of aliphatic carboxylic acids is 1. The van der Waals surface area contributed by atoms with E-state index in [9.17, 15) is 19.1 Å². The van der Waals surface area contributed by atoms with Crippen LogP contribution in [0.5, 0.6) is 0 Å². The van der Waals surface area contributed by atoms with Crippen molar-refractivity contribution in [3.05, 3.63) is 53.8 Å². The van der Waals surface area contributed by atoms with E-state index in [1.165, 1.54) is 11.0 Å². The first-order chi connectivity index (χ1) is 14.9. The van der Waals surface area contributed by atoms with E-state index in [1.807, 2.05) is 24.3 Å². The molecule has 0 saturated carbocycles. The molecule has 2 N–H and O–H groups in total. The average Bonchev–Trinajstić information content (AvgIpc) is 2.76. The van der Waals surface area contributed by atoms with Crippen molar-refractivity contribution < 1.29 is 23.8 Å². The molecule has 0 fully saturated rings. The summed E-state index contributed by atoms with van der Waals surface area (Å²) >= 11 is 0. The van der Waals surface area contributed by atoms with Crippen LogP contribution in [0.15, 0.2) is 42.5 Å². The second-order valence-corrected chi connectivity index (χ2v) is 7.35. The summed E-state index contributed by atoms with van der Waals surface area (Å²) in [7, 11) is 1.54. The maximum absolute atomic E-state index is 14.4. The molecule has 168 valence electrons. The Balaban J connectivity index is 2.13. The van der Waals surface area contributed by atoms with Gasteiger partial charge < -0.3 is 15.2 Å². The minimum Gasteiger partial charge on any atom is -0.479 e. The molecule has 0 aliphatic heterocycles. The second-order valence-electron chi connectivity index (χ2n) is 7.35. The van der Waals surface area contributed by atoms with Crippen LogP contribution in [-0.4, -0.2) is 43.4 Å². The van der Waals surface area contributed by atoms with E-state index >= 15 is 0 Å². The molecule has 6 nitrogen and oxygen atoms in total. The van der Waals surface area contributed by atoms with Gasteiger partial charge in [0.25, 0.3) is 0 Å². The largest absolute Gasteiger partial charge is 0.479 e. The summed E-state index contributed by atoms with van der Waals surface area (Å²) in [4.78, 5) is 24.9. The molecule has 2 rings (SSSR count). The Hall–Kier alpha value is -2.93. The van der Waals surface area contributed by atoms with E-state index < -0.39 is 17.9 Å². The smallest absolute Gasteiger partial charge is 0.333 e. The normalized spacial score (nSPS) is 11.7. The van der Waals surface area contributed by atoms with Gasteiger partial charge in [-0.05, 0) is 42.2 Å². The van der Waals surface area contributed by atoms with E-state index in [4.69, 9.17) is 4.74 Å². The summed E-state index contributed by atoms with van der Waals surface area (Å²) in [5.74, 6) is -1.47. The fourth-order valence-corrected chi connectivity index (χ4v) is 3.21. The fraction of sp³-hybridized carbons (Fsp3) is 0.417. The Morgan fingerprint density at radius 2 is 1.77 bits per heavy atom. The lowest BCUT2D eigenvalue weighted by Crippen LogP contribution is -2.38. The van der Waals surface area contributed by atoms with Gasteiger partial charge in [-0.2, -0.15) is 0 Å². The molecule has 31 heavy (non-hydrogen) atoms. The lowest BCUT2D eigenvalue weighted by atomic mass is 10.0. The number of carboxylic acids is 1. The molecular formula is C24H31FN2O4. The number of anilines is 1. The topological polar surface area (TPSA) is 78.9 Å². The van der Waals surface area contributed by atoms with E-state index in [0.29, 0.717) is 13.2 Å². The lowest BCUT2D eigenvalue weighted by molar-refractivity contribution is -0.149. The molecule has 0 bridgehead atoms. The number of carboxylic acid groups (broad SMARTS) is 1. The van der Waals surface area contributed by atoms with Gasteiger partial charge in [0.2, 0.25) is 0 Å². The molecule has 0 saturated heterocycles. The molecule has 2 aromatic carbocycles. The third-order valence-corrected chi connectivity index (χ3v) is 5.02. The maximum Gasteiger partial charge on any atom is 0.333 e. The Morgan fingerprint density at radius 1 is 1.10 bits per heavy atom. The van der Waals surface area contributed by atoms with Crippen molar-refractivity contribution in [1.82, 2.24) is 5.32 Å². The van der Waals surface area contributed by atoms with Crippen LogP contribution >= 0.6 is 0 Å². The monoisotopic (exact) mass is 430 g/mol. The molecule has 0 aliphatic carbocycles. The van der Waals surface area contributed by atoms with Gasteiger partial charge in [0.15, 0.2) is 6.10 Å². The fourth-order valence-electron chi connectivity index (χ4n) is 3.21. The highest BCUT2D eigenvalue weighted by molar-refractivity contribution is 5.92. The van der Waals surface area contributed by atoms with Gasteiger partial charge in [-0.15, -0.1) is 0 Å². The summed E-state index contributed by atoms with van der Waals surface area (Å²) in [5.41, 5.74) is 2.62. The van der Waals surface area contributed by atoms with Gasteiger partial charge in [0.1, 0.15) is 5.82 Å². The molecule has 0 aliphatic rings. The molecule has 0 radical (unpaired) electrons. The van der Waals surface area contributed by atoms with Gasteiger partial charge in [-0.3, -0.25) is 4.90 Å². The number of carbonyl (C=O) groups is 2. The number of nitrogens with zero attached hydrogens (tertiary/aromatic N) is 1. The van der Waals surface area contributed by atoms with Crippen LogP contribution in [0, 0.1) is 5.82 Å². The summed E-state index contributed by atoms with van der Waals surface area (Å²) in [6.45, 7) is 4.73. The molecule has 1 unspecified atom stereocenters. The average molecular weight is 431 g/mol. The Kier molecular flexibility index (Phi) is 9.46. The number of unbranched alkanes of at least 4 members (excludes halogenated alkanes) is 2. The van der Waals surface area contributed by atoms with E-state index in [0.717, 1.165) is 36.0 Å². The predicted octanol–water partition coefficient (Wildman–Crippen LogP) is 4.86. The number of benzene rings is 2. The first-order valence-corrected chi connectivity index (χ1v) is 10.6. The van der Waals surface area contributed by atoms with Crippen LogP contribution in [0.3, 0.4) is 0 Å². The number of carbonyl (C=O) groups excluding carboxylic acids is 1. The summed E-state index contributed by atoms with van der Waals surface area (Å²) in [5, 5.41) is 12.0. The zero-order valence-electron chi connectivity index (χ0n) is 18.4. The van der Waals surface area contributed by atoms with Crippen LogP contribution in [-0.2, 0) is 16.0 Å². The van der Waals surface area contributed by atoms with Crippen LogP contribution in [0.2, 0.25) is 0 Å². The molecule has 2 amide bonds. The van der Waals surface area contributed by atoms with Crippen molar-refractivity contribution >= 4 is 17.7 Å². The van der Waals surface area contributed by atoms with E-state index in [2.05, 4.69) is 12.2 Å².